The molecule has 0 atom stereocenters. The molecule has 2 aromatic rings. The zero-order valence-electron chi connectivity index (χ0n) is 14.8. The van der Waals surface area contributed by atoms with Crippen LogP contribution in [-0.2, 0) is 4.79 Å². The van der Waals surface area contributed by atoms with Crippen molar-refractivity contribution in [3.63, 3.8) is 0 Å². The van der Waals surface area contributed by atoms with Gasteiger partial charge < -0.3 is 10.1 Å². The largest absolute Gasteiger partial charge is 0.495 e. The molecule has 26 heavy (non-hydrogen) atoms. The predicted molar refractivity (Wildman–Crippen MR) is 111 cm³/mol. The number of rotatable bonds is 6. The van der Waals surface area contributed by atoms with Gasteiger partial charge in [-0.2, -0.15) is 5.10 Å². The van der Waals surface area contributed by atoms with E-state index < -0.39 is 0 Å². The highest BCUT2D eigenvalue weighted by atomic mass is 127. The summed E-state index contributed by atoms with van der Waals surface area (Å²) in [6.07, 6.45) is 0.0596. The first kappa shape index (κ1) is 19.9. The molecule has 2 amide bonds. The van der Waals surface area contributed by atoms with Crippen LogP contribution in [0.15, 0.2) is 47.6 Å². The number of amides is 2. The number of nitrogens with one attached hydrogen (secondary N) is 2. The van der Waals surface area contributed by atoms with Crippen LogP contribution in [0.25, 0.3) is 0 Å². The van der Waals surface area contributed by atoms with Crippen LogP contribution < -0.4 is 15.5 Å². The van der Waals surface area contributed by atoms with Crippen LogP contribution in [0.4, 0.5) is 5.69 Å². The van der Waals surface area contributed by atoms with Crippen molar-refractivity contribution in [3.8, 4) is 5.75 Å². The van der Waals surface area contributed by atoms with Crippen LogP contribution in [0.3, 0.4) is 0 Å². The van der Waals surface area contributed by atoms with Crippen LogP contribution in [-0.4, -0.2) is 24.6 Å². The van der Waals surface area contributed by atoms with Gasteiger partial charge in [0.1, 0.15) is 5.75 Å². The lowest BCUT2D eigenvalue weighted by Crippen LogP contribution is -2.21. The van der Waals surface area contributed by atoms with Gasteiger partial charge >= 0.3 is 0 Å². The van der Waals surface area contributed by atoms with Gasteiger partial charge in [0, 0.05) is 14.8 Å². The number of methoxy groups -OCH3 is 1. The summed E-state index contributed by atoms with van der Waals surface area (Å²) in [5.41, 5.74) is 5.08. The molecule has 0 aromatic heterocycles. The Bertz CT molecular complexity index is 832. The Morgan fingerprint density at radius 1 is 1.15 bits per heavy atom. The molecule has 0 heterocycles. The number of halogens is 1. The standard InChI is InChI=1S/C19H20IN3O3/c1-12-4-9-17(26-3)16(10-12)21-18(24)11-13(2)22-23-19(25)14-5-7-15(20)8-6-14/h4-10H,11H2,1-3H3,(H,21,24)(H,23,25)/b22-13+. The van der Waals surface area contributed by atoms with E-state index in [1.165, 1.54) is 0 Å². The van der Waals surface area contributed by atoms with E-state index in [1.807, 2.05) is 31.2 Å². The van der Waals surface area contributed by atoms with Crippen molar-refractivity contribution in [2.75, 3.05) is 12.4 Å². The summed E-state index contributed by atoms with van der Waals surface area (Å²) in [5.74, 6) is 0.0331. The van der Waals surface area contributed by atoms with E-state index in [1.54, 1.807) is 32.2 Å². The number of nitrogens with zero attached hydrogens (tertiary/aromatic N) is 1. The highest BCUT2D eigenvalue weighted by Gasteiger charge is 2.10. The highest BCUT2D eigenvalue weighted by Crippen LogP contribution is 2.25. The van der Waals surface area contributed by atoms with Crippen LogP contribution >= 0.6 is 22.6 Å². The Morgan fingerprint density at radius 3 is 2.50 bits per heavy atom. The topological polar surface area (TPSA) is 79.8 Å². The van der Waals surface area contributed by atoms with Crippen molar-refractivity contribution < 1.29 is 14.3 Å². The maximum Gasteiger partial charge on any atom is 0.271 e. The van der Waals surface area contributed by atoms with E-state index in [9.17, 15) is 9.59 Å². The Kier molecular flexibility index (Phi) is 7.14. The lowest BCUT2D eigenvalue weighted by atomic mass is 10.2. The maximum absolute atomic E-state index is 12.2. The van der Waals surface area contributed by atoms with Crippen LogP contribution in [0.2, 0.25) is 0 Å². The molecule has 0 aliphatic carbocycles. The third-order valence-corrected chi connectivity index (χ3v) is 4.22. The minimum Gasteiger partial charge on any atom is -0.495 e. The fourth-order valence-corrected chi connectivity index (χ4v) is 2.56. The Balaban J connectivity index is 1.94. The minimum absolute atomic E-state index is 0.0596. The zero-order chi connectivity index (χ0) is 19.1. The van der Waals surface area contributed by atoms with Gasteiger partial charge in [-0.1, -0.05) is 6.07 Å². The van der Waals surface area contributed by atoms with E-state index in [-0.39, 0.29) is 18.2 Å². The number of ether oxygens (including phenoxy) is 1. The van der Waals surface area contributed by atoms with Gasteiger partial charge in [-0.05, 0) is 78.4 Å². The molecule has 0 saturated carbocycles. The van der Waals surface area contributed by atoms with Gasteiger partial charge in [-0.15, -0.1) is 0 Å². The molecule has 7 heteroatoms. The summed E-state index contributed by atoms with van der Waals surface area (Å²) in [5, 5.41) is 6.79. The molecule has 0 aliphatic rings. The molecule has 0 spiro atoms. The molecule has 0 bridgehead atoms. The van der Waals surface area contributed by atoms with E-state index in [2.05, 4.69) is 38.4 Å². The fourth-order valence-electron chi connectivity index (χ4n) is 2.20. The maximum atomic E-state index is 12.2. The molecular weight excluding hydrogens is 445 g/mol. The second-order valence-electron chi connectivity index (χ2n) is 5.72. The number of benzene rings is 2. The lowest BCUT2D eigenvalue weighted by molar-refractivity contribution is -0.115. The molecule has 0 fully saturated rings. The van der Waals surface area contributed by atoms with Gasteiger partial charge in [0.2, 0.25) is 5.91 Å². The summed E-state index contributed by atoms with van der Waals surface area (Å²) in [7, 11) is 1.55. The molecule has 0 radical (unpaired) electrons. The molecule has 2 rings (SSSR count). The Labute approximate surface area is 166 Å². The monoisotopic (exact) mass is 465 g/mol. The second kappa shape index (κ2) is 9.33. The number of hydrogen-bond donors (Lipinski definition) is 2. The minimum atomic E-state index is -0.318. The lowest BCUT2D eigenvalue weighted by Gasteiger charge is -2.11. The van der Waals surface area contributed by atoms with Gasteiger partial charge in [0.25, 0.3) is 5.91 Å². The zero-order valence-corrected chi connectivity index (χ0v) is 17.0. The summed E-state index contributed by atoms with van der Waals surface area (Å²) in [6, 6.07) is 12.7. The third kappa shape index (κ3) is 5.83. The van der Waals surface area contributed by atoms with Crippen LogP contribution in [0.1, 0.15) is 29.3 Å². The molecule has 0 unspecified atom stereocenters. The van der Waals surface area contributed by atoms with Gasteiger partial charge in [-0.3, -0.25) is 9.59 Å². The number of hydrogen-bond acceptors (Lipinski definition) is 4. The van der Waals surface area contributed by atoms with Crippen molar-refractivity contribution >= 4 is 45.8 Å². The fraction of sp³-hybridized carbons (Fsp3) is 0.211. The highest BCUT2D eigenvalue weighted by molar-refractivity contribution is 14.1. The number of hydrazone groups is 1. The molecule has 2 N–H and O–H groups in total. The molecule has 136 valence electrons. The van der Waals surface area contributed by atoms with Crippen molar-refractivity contribution in [3.05, 3.63) is 57.2 Å². The number of carbonyl (C=O) groups is 2. The average Bonchev–Trinajstić information content (AvgIpc) is 2.60. The van der Waals surface area contributed by atoms with Crippen LogP contribution in [0.5, 0.6) is 5.75 Å². The van der Waals surface area contributed by atoms with Crippen molar-refractivity contribution in [2.45, 2.75) is 20.3 Å². The van der Waals surface area contributed by atoms with Crippen molar-refractivity contribution in [1.82, 2.24) is 5.43 Å². The number of anilines is 1. The third-order valence-electron chi connectivity index (χ3n) is 3.50. The second-order valence-corrected chi connectivity index (χ2v) is 6.97. The number of carbonyl (C=O) groups excluding carboxylic acids is 2. The van der Waals surface area contributed by atoms with Gasteiger partial charge in [0.05, 0.1) is 19.2 Å². The first-order valence-corrected chi connectivity index (χ1v) is 9.00. The van der Waals surface area contributed by atoms with E-state index in [0.29, 0.717) is 22.7 Å². The summed E-state index contributed by atoms with van der Waals surface area (Å²) in [4.78, 5) is 24.2. The number of aryl methyl sites for hydroxylation is 1. The quantitative estimate of drug-likeness (QED) is 0.388. The SMILES string of the molecule is COc1ccc(C)cc1NC(=O)C/C(C)=N/NC(=O)c1ccc(I)cc1. The smallest absolute Gasteiger partial charge is 0.271 e. The van der Waals surface area contributed by atoms with Crippen molar-refractivity contribution in [2.24, 2.45) is 5.10 Å². The van der Waals surface area contributed by atoms with Gasteiger partial charge in [0.15, 0.2) is 0 Å². The normalized spacial score (nSPS) is 11.0. The summed E-state index contributed by atoms with van der Waals surface area (Å²) >= 11 is 2.17. The molecular formula is C19H20IN3O3. The molecule has 0 aliphatic heterocycles. The predicted octanol–water partition coefficient (Wildman–Crippen LogP) is 3.74. The van der Waals surface area contributed by atoms with Crippen LogP contribution in [0, 0.1) is 10.5 Å². The van der Waals surface area contributed by atoms with E-state index in [0.717, 1.165) is 9.13 Å². The van der Waals surface area contributed by atoms with E-state index >= 15 is 0 Å². The average molecular weight is 465 g/mol. The Morgan fingerprint density at radius 2 is 1.85 bits per heavy atom. The van der Waals surface area contributed by atoms with Crippen molar-refractivity contribution in [1.29, 1.82) is 0 Å². The molecule has 0 saturated heterocycles. The summed E-state index contributed by atoms with van der Waals surface area (Å²) < 4.78 is 6.28. The Hall–Kier alpha value is -2.42. The first-order valence-electron chi connectivity index (χ1n) is 7.92. The molecule has 6 nitrogen and oxygen atoms in total. The summed E-state index contributed by atoms with van der Waals surface area (Å²) in [6.45, 7) is 3.61. The van der Waals surface area contributed by atoms with E-state index in [4.69, 9.17) is 4.74 Å². The molecule has 2 aromatic carbocycles. The van der Waals surface area contributed by atoms with Gasteiger partial charge in [-0.25, -0.2) is 5.43 Å². The first-order chi connectivity index (χ1) is 12.4.